The Balaban J connectivity index is 2.11. The Morgan fingerprint density at radius 1 is 1.37 bits per heavy atom. The van der Waals surface area contributed by atoms with Gasteiger partial charge < -0.3 is 5.73 Å². The summed E-state index contributed by atoms with van der Waals surface area (Å²) in [5.41, 5.74) is 7.34. The van der Waals surface area contributed by atoms with Crippen LogP contribution in [0.4, 0.5) is 5.69 Å². The minimum atomic E-state index is -3.45. The van der Waals surface area contributed by atoms with E-state index in [2.05, 4.69) is 11.6 Å². The Bertz CT molecular complexity index is 557. The van der Waals surface area contributed by atoms with E-state index in [4.69, 9.17) is 5.73 Å². The topological polar surface area (TPSA) is 72.2 Å². The van der Waals surface area contributed by atoms with E-state index in [1.165, 1.54) is 12.5 Å². The molecule has 0 aromatic heterocycles. The van der Waals surface area contributed by atoms with Crippen molar-refractivity contribution in [3.63, 3.8) is 0 Å². The van der Waals surface area contributed by atoms with Crippen LogP contribution in [0.25, 0.3) is 0 Å². The van der Waals surface area contributed by atoms with Gasteiger partial charge in [0.05, 0.1) is 4.90 Å². The third kappa shape index (κ3) is 2.92. The van der Waals surface area contributed by atoms with Crippen molar-refractivity contribution in [2.45, 2.75) is 44.4 Å². The van der Waals surface area contributed by atoms with Crippen LogP contribution in [0.3, 0.4) is 0 Å². The van der Waals surface area contributed by atoms with Gasteiger partial charge in [-0.25, -0.2) is 13.1 Å². The number of hydrogen-bond donors (Lipinski definition) is 2. The van der Waals surface area contributed by atoms with Crippen LogP contribution in [-0.2, 0) is 10.0 Å². The second-order valence-electron chi connectivity index (χ2n) is 5.55. The molecule has 0 radical (unpaired) electrons. The molecule has 0 atom stereocenters. The smallest absolute Gasteiger partial charge is 0.240 e. The highest BCUT2D eigenvalue weighted by Gasteiger charge is 2.36. The molecule has 0 amide bonds. The number of nitrogens with one attached hydrogen (secondary N) is 1. The highest BCUT2D eigenvalue weighted by Crippen LogP contribution is 2.43. The molecule has 19 heavy (non-hydrogen) atoms. The standard InChI is InChI=1S/C14H22N2O2S/c1-3-14(7-4-8-14)10-16-19(17,18)12-6-5-11(2)13(15)9-12/h5-6,9,16H,3-4,7-8,10,15H2,1-2H3. The molecule has 0 aliphatic heterocycles. The lowest BCUT2D eigenvalue weighted by Gasteiger charge is -2.41. The normalized spacial score (nSPS) is 18.0. The van der Waals surface area contributed by atoms with Crippen LogP contribution in [0.2, 0.25) is 0 Å². The summed E-state index contributed by atoms with van der Waals surface area (Å²) >= 11 is 0. The minimum Gasteiger partial charge on any atom is -0.398 e. The van der Waals surface area contributed by atoms with Gasteiger partial charge in [-0.2, -0.15) is 0 Å². The average molecular weight is 282 g/mol. The SMILES string of the molecule is CCC1(CNS(=O)(=O)c2ccc(C)c(N)c2)CCC1. The van der Waals surface area contributed by atoms with Crippen molar-refractivity contribution in [2.24, 2.45) is 5.41 Å². The molecule has 0 unspecified atom stereocenters. The van der Waals surface area contributed by atoms with Gasteiger partial charge in [0.15, 0.2) is 0 Å². The van der Waals surface area contributed by atoms with Crippen LogP contribution in [0.5, 0.6) is 0 Å². The number of nitrogen functional groups attached to an aromatic ring is 1. The summed E-state index contributed by atoms with van der Waals surface area (Å²) in [5.74, 6) is 0. The Labute approximate surface area is 115 Å². The van der Waals surface area contributed by atoms with Gasteiger partial charge >= 0.3 is 0 Å². The second kappa shape index (κ2) is 5.13. The van der Waals surface area contributed by atoms with E-state index in [1.54, 1.807) is 12.1 Å². The third-order valence-corrected chi connectivity index (χ3v) is 5.76. The molecule has 0 spiro atoms. The number of benzene rings is 1. The van der Waals surface area contributed by atoms with Crippen molar-refractivity contribution in [1.29, 1.82) is 0 Å². The molecule has 1 aromatic carbocycles. The number of sulfonamides is 1. The molecular formula is C14H22N2O2S. The summed E-state index contributed by atoms with van der Waals surface area (Å²) in [4.78, 5) is 0.251. The molecule has 3 N–H and O–H groups in total. The lowest BCUT2D eigenvalue weighted by molar-refractivity contribution is 0.133. The molecular weight excluding hydrogens is 260 g/mol. The largest absolute Gasteiger partial charge is 0.398 e. The summed E-state index contributed by atoms with van der Waals surface area (Å²) in [7, 11) is -3.45. The van der Waals surface area contributed by atoms with Gasteiger partial charge in [0, 0.05) is 12.2 Å². The van der Waals surface area contributed by atoms with E-state index in [1.807, 2.05) is 6.92 Å². The zero-order valence-corrected chi connectivity index (χ0v) is 12.4. The average Bonchev–Trinajstić information content (AvgIpc) is 2.31. The lowest BCUT2D eigenvalue weighted by Crippen LogP contribution is -2.41. The van der Waals surface area contributed by atoms with Gasteiger partial charge in [0.25, 0.3) is 0 Å². The Morgan fingerprint density at radius 2 is 2.05 bits per heavy atom. The lowest BCUT2D eigenvalue weighted by atomic mass is 9.67. The first-order valence-corrected chi connectivity index (χ1v) is 8.23. The predicted octanol–water partition coefficient (Wildman–Crippen LogP) is 2.44. The summed E-state index contributed by atoms with van der Waals surface area (Å²) in [6.45, 7) is 4.51. The molecule has 106 valence electrons. The van der Waals surface area contributed by atoms with Gasteiger partial charge in [0.1, 0.15) is 0 Å². The summed E-state index contributed by atoms with van der Waals surface area (Å²) in [6, 6.07) is 4.87. The zero-order chi connectivity index (χ0) is 14.1. The first-order valence-electron chi connectivity index (χ1n) is 6.74. The molecule has 1 saturated carbocycles. The molecule has 1 aromatic rings. The molecule has 5 heteroatoms. The number of rotatable bonds is 5. The third-order valence-electron chi connectivity index (χ3n) is 4.36. The van der Waals surface area contributed by atoms with Gasteiger partial charge in [-0.15, -0.1) is 0 Å². The van der Waals surface area contributed by atoms with Crippen LogP contribution in [0.1, 0.15) is 38.2 Å². The van der Waals surface area contributed by atoms with Crippen molar-refractivity contribution in [3.05, 3.63) is 23.8 Å². The van der Waals surface area contributed by atoms with Gasteiger partial charge in [-0.05, 0) is 49.3 Å². The van der Waals surface area contributed by atoms with E-state index in [0.717, 1.165) is 24.8 Å². The molecule has 2 rings (SSSR count). The number of hydrogen-bond acceptors (Lipinski definition) is 3. The molecule has 0 bridgehead atoms. The second-order valence-corrected chi connectivity index (χ2v) is 7.32. The van der Waals surface area contributed by atoms with E-state index >= 15 is 0 Å². The van der Waals surface area contributed by atoms with Gasteiger partial charge in [-0.3, -0.25) is 0 Å². The first-order chi connectivity index (χ1) is 8.88. The molecule has 1 aliphatic rings. The fraction of sp³-hybridized carbons (Fsp3) is 0.571. The van der Waals surface area contributed by atoms with Crippen molar-refractivity contribution >= 4 is 15.7 Å². The number of anilines is 1. The van der Waals surface area contributed by atoms with Crippen LogP contribution < -0.4 is 10.5 Å². The van der Waals surface area contributed by atoms with E-state index in [9.17, 15) is 8.42 Å². The summed E-state index contributed by atoms with van der Waals surface area (Å²) < 4.78 is 27.2. The van der Waals surface area contributed by atoms with Crippen molar-refractivity contribution < 1.29 is 8.42 Å². The van der Waals surface area contributed by atoms with Crippen LogP contribution >= 0.6 is 0 Å². The molecule has 0 saturated heterocycles. The molecule has 1 aliphatic carbocycles. The van der Waals surface area contributed by atoms with Crippen LogP contribution in [0, 0.1) is 12.3 Å². The quantitative estimate of drug-likeness (QED) is 0.815. The van der Waals surface area contributed by atoms with Crippen molar-refractivity contribution in [2.75, 3.05) is 12.3 Å². The monoisotopic (exact) mass is 282 g/mol. The van der Waals surface area contributed by atoms with Crippen LogP contribution in [-0.4, -0.2) is 15.0 Å². The highest BCUT2D eigenvalue weighted by atomic mass is 32.2. The predicted molar refractivity (Wildman–Crippen MR) is 77.4 cm³/mol. The maximum Gasteiger partial charge on any atom is 0.240 e. The molecule has 0 heterocycles. The summed E-state index contributed by atoms with van der Waals surface area (Å²) in [6.07, 6.45) is 4.45. The number of aryl methyl sites for hydroxylation is 1. The summed E-state index contributed by atoms with van der Waals surface area (Å²) in [5, 5.41) is 0. The van der Waals surface area contributed by atoms with Crippen molar-refractivity contribution in [3.8, 4) is 0 Å². The Kier molecular flexibility index (Phi) is 3.87. The van der Waals surface area contributed by atoms with Gasteiger partial charge in [0.2, 0.25) is 10.0 Å². The molecule has 1 fully saturated rings. The number of nitrogens with two attached hydrogens (primary N) is 1. The van der Waals surface area contributed by atoms with E-state index in [-0.39, 0.29) is 10.3 Å². The van der Waals surface area contributed by atoms with Crippen LogP contribution in [0.15, 0.2) is 23.1 Å². The Morgan fingerprint density at radius 3 is 2.53 bits per heavy atom. The van der Waals surface area contributed by atoms with E-state index in [0.29, 0.717) is 12.2 Å². The fourth-order valence-electron chi connectivity index (χ4n) is 2.45. The zero-order valence-electron chi connectivity index (χ0n) is 11.6. The maximum atomic E-state index is 12.2. The minimum absolute atomic E-state index is 0.170. The first kappa shape index (κ1) is 14.3. The van der Waals surface area contributed by atoms with Crippen molar-refractivity contribution in [1.82, 2.24) is 4.72 Å². The van der Waals surface area contributed by atoms with E-state index < -0.39 is 10.0 Å². The highest BCUT2D eigenvalue weighted by molar-refractivity contribution is 7.89. The maximum absolute atomic E-state index is 12.2. The van der Waals surface area contributed by atoms with Gasteiger partial charge in [-0.1, -0.05) is 19.4 Å². The molecule has 4 nitrogen and oxygen atoms in total. The Hall–Kier alpha value is -1.07. The fourth-order valence-corrected chi connectivity index (χ4v) is 3.64.